The van der Waals surface area contributed by atoms with Crippen LogP contribution in [0.2, 0.25) is 0 Å². The molecule has 3 rings (SSSR count). The van der Waals surface area contributed by atoms with Crippen molar-refractivity contribution in [2.75, 3.05) is 0 Å². The van der Waals surface area contributed by atoms with E-state index in [2.05, 4.69) is 83.6 Å². The second kappa shape index (κ2) is 6.33. The first-order valence-corrected chi connectivity index (χ1v) is 8.50. The fraction of sp³-hybridized carbons (Fsp3) is 0.368. The average molecular weight is 344 g/mol. The Bertz CT molecular complexity index is 616. The summed E-state index contributed by atoms with van der Waals surface area (Å²) < 4.78 is 1.25. The molecule has 2 heteroatoms. The van der Waals surface area contributed by atoms with Gasteiger partial charge in [-0.2, -0.15) is 0 Å². The molecule has 0 unspecified atom stereocenters. The fourth-order valence-electron chi connectivity index (χ4n) is 3.20. The van der Waals surface area contributed by atoms with E-state index in [9.17, 15) is 0 Å². The van der Waals surface area contributed by atoms with Crippen molar-refractivity contribution < 1.29 is 0 Å². The van der Waals surface area contributed by atoms with E-state index >= 15 is 0 Å². The third kappa shape index (κ3) is 3.38. The van der Waals surface area contributed by atoms with Crippen molar-refractivity contribution in [1.82, 2.24) is 5.32 Å². The average Bonchev–Trinajstić information content (AvgIpc) is 2.43. The van der Waals surface area contributed by atoms with Gasteiger partial charge < -0.3 is 5.32 Å². The molecule has 1 nitrogen and oxygen atoms in total. The second-order valence-corrected chi connectivity index (χ2v) is 7.04. The second-order valence-electron chi connectivity index (χ2n) is 6.19. The first kappa shape index (κ1) is 14.8. The fourth-order valence-corrected chi connectivity index (χ4v) is 3.81. The molecule has 1 fully saturated rings. The number of halogens is 1. The van der Waals surface area contributed by atoms with Crippen LogP contribution in [0.25, 0.3) is 0 Å². The molecule has 1 aliphatic rings. The van der Waals surface area contributed by atoms with E-state index in [4.69, 9.17) is 0 Å². The molecule has 0 saturated heterocycles. The van der Waals surface area contributed by atoms with Crippen molar-refractivity contribution in [1.29, 1.82) is 0 Å². The topological polar surface area (TPSA) is 12.0 Å². The lowest BCUT2D eigenvalue weighted by molar-refractivity contribution is 0.270. The quantitative estimate of drug-likeness (QED) is 0.788. The standard InChI is InChI=1S/C19H22BrN/c1-13-6-5-7-15(10-13)14(2)21-17-11-16(12-17)18-8-3-4-9-19(18)20/h3-10,14,16-17,21H,11-12H2,1-2H3/t14-,16?,17?/m1/s1. The molecule has 110 valence electrons. The van der Waals surface area contributed by atoms with Gasteiger partial charge in [0.05, 0.1) is 0 Å². The number of nitrogens with one attached hydrogen (secondary N) is 1. The minimum Gasteiger partial charge on any atom is -0.307 e. The SMILES string of the molecule is Cc1cccc([C@@H](C)NC2CC(c3ccccc3Br)C2)c1. The van der Waals surface area contributed by atoms with Crippen LogP contribution in [0, 0.1) is 6.92 Å². The highest BCUT2D eigenvalue weighted by molar-refractivity contribution is 9.10. The summed E-state index contributed by atoms with van der Waals surface area (Å²) in [5, 5.41) is 3.76. The van der Waals surface area contributed by atoms with Crippen LogP contribution in [0.1, 0.15) is 48.4 Å². The first-order chi connectivity index (χ1) is 10.1. The maximum Gasteiger partial charge on any atom is 0.0294 e. The molecule has 0 aliphatic heterocycles. The van der Waals surface area contributed by atoms with Crippen LogP contribution in [-0.2, 0) is 0 Å². The van der Waals surface area contributed by atoms with Crippen molar-refractivity contribution in [2.24, 2.45) is 0 Å². The lowest BCUT2D eigenvalue weighted by atomic mass is 9.75. The van der Waals surface area contributed by atoms with Gasteiger partial charge in [-0.25, -0.2) is 0 Å². The third-order valence-corrected chi connectivity index (χ3v) is 5.23. The zero-order chi connectivity index (χ0) is 14.8. The molecule has 0 aromatic heterocycles. The number of hydrogen-bond acceptors (Lipinski definition) is 1. The summed E-state index contributed by atoms with van der Waals surface area (Å²) in [4.78, 5) is 0. The van der Waals surface area contributed by atoms with Crippen molar-refractivity contribution >= 4 is 15.9 Å². The normalized spacial score (nSPS) is 22.6. The summed E-state index contributed by atoms with van der Waals surface area (Å²) in [6, 6.07) is 18.5. The summed E-state index contributed by atoms with van der Waals surface area (Å²) in [5.74, 6) is 0.697. The Balaban J connectivity index is 1.56. The van der Waals surface area contributed by atoms with Crippen LogP contribution in [0.15, 0.2) is 53.0 Å². The Hall–Kier alpha value is -1.12. The highest BCUT2D eigenvalue weighted by Gasteiger charge is 2.32. The monoisotopic (exact) mass is 343 g/mol. The maximum absolute atomic E-state index is 3.76. The summed E-state index contributed by atoms with van der Waals surface area (Å²) in [6.45, 7) is 4.42. The third-order valence-electron chi connectivity index (χ3n) is 4.51. The van der Waals surface area contributed by atoms with E-state index in [-0.39, 0.29) is 0 Å². The van der Waals surface area contributed by atoms with Gasteiger partial charge in [0.15, 0.2) is 0 Å². The molecular weight excluding hydrogens is 322 g/mol. The molecule has 21 heavy (non-hydrogen) atoms. The Kier molecular flexibility index (Phi) is 4.46. The lowest BCUT2D eigenvalue weighted by Gasteiger charge is -2.38. The lowest BCUT2D eigenvalue weighted by Crippen LogP contribution is -2.41. The zero-order valence-corrected chi connectivity index (χ0v) is 14.2. The summed E-state index contributed by atoms with van der Waals surface area (Å²) in [7, 11) is 0. The summed E-state index contributed by atoms with van der Waals surface area (Å²) in [5.41, 5.74) is 4.18. The predicted octanol–water partition coefficient (Wildman–Crippen LogP) is 5.35. The number of rotatable bonds is 4. The van der Waals surface area contributed by atoms with Crippen LogP contribution >= 0.6 is 15.9 Å². The first-order valence-electron chi connectivity index (χ1n) is 7.70. The van der Waals surface area contributed by atoms with Gasteiger partial charge in [0.2, 0.25) is 0 Å². The van der Waals surface area contributed by atoms with Gasteiger partial charge in [0.1, 0.15) is 0 Å². The molecule has 1 aliphatic carbocycles. The number of hydrogen-bond donors (Lipinski definition) is 1. The van der Waals surface area contributed by atoms with Gasteiger partial charge in [-0.15, -0.1) is 0 Å². The smallest absolute Gasteiger partial charge is 0.0294 e. The molecule has 0 amide bonds. The van der Waals surface area contributed by atoms with E-state index in [0.717, 1.165) is 0 Å². The van der Waals surface area contributed by atoms with Crippen LogP contribution in [0.4, 0.5) is 0 Å². The van der Waals surface area contributed by atoms with Gasteiger partial charge in [-0.1, -0.05) is 64.0 Å². The Morgan fingerprint density at radius 1 is 1.10 bits per heavy atom. The van der Waals surface area contributed by atoms with E-state index in [0.29, 0.717) is 18.0 Å². The predicted molar refractivity (Wildman–Crippen MR) is 92.6 cm³/mol. The summed E-state index contributed by atoms with van der Waals surface area (Å²) in [6.07, 6.45) is 2.47. The van der Waals surface area contributed by atoms with Crippen LogP contribution in [0.3, 0.4) is 0 Å². The maximum atomic E-state index is 3.76. The van der Waals surface area contributed by atoms with Crippen LogP contribution < -0.4 is 5.32 Å². The Labute approximate surface area is 135 Å². The van der Waals surface area contributed by atoms with E-state index < -0.39 is 0 Å². The minimum absolute atomic E-state index is 0.426. The van der Waals surface area contributed by atoms with E-state index in [1.165, 1.54) is 34.0 Å². The number of aryl methyl sites for hydroxylation is 1. The molecule has 1 N–H and O–H groups in total. The van der Waals surface area contributed by atoms with Crippen molar-refractivity contribution in [3.05, 3.63) is 69.7 Å². The molecule has 0 bridgehead atoms. The molecule has 1 saturated carbocycles. The van der Waals surface area contributed by atoms with E-state index in [1.54, 1.807) is 0 Å². The van der Waals surface area contributed by atoms with Gasteiger partial charge in [-0.05, 0) is 49.8 Å². The van der Waals surface area contributed by atoms with Gasteiger partial charge in [0.25, 0.3) is 0 Å². The van der Waals surface area contributed by atoms with Crippen molar-refractivity contribution in [2.45, 2.75) is 44.7 Å². The minimum atomic E-state index is 0.426. The zero-order valence-electron chi connectivity index (χ0n) is 12.6. The van der Waals surface area contributed by atoms with Crippen molar-refractivity contribution in [3.8, 4) is 0 Å². The molecule has 2 aromatic rings. The number of benzene rings is 2. The molecule has 0 heterocycles. The van der Waals surface area contributed by atoms with Crippen LogP contribution in [0.5, 0.6) is 0 Å². The van der Waals surface area contributed by atoms with Crippen LogP contribution in [-0.4, -0.2) is 6.04 Å². The highest BCUT2D eigenvalue weighted by Crippen LogP contribution is 2.40. The van der Waals surface area contributed by atoms with Crippen molar-refractivity contribution in [3.63, 3.8) is 0 Å². The Morgan fingerprint density at radius 3 is 2.57 bits per heavy atom. The van der Waals surface area contributed by atoms with E-state index in [1.807, 2.05) is 0 Å². The molecule has 0 radical (unpaired) electrons. The molecule has 0 spiro atoms. The summed E-state index contributed by atoms with van der Waals surface area (Å²) >= 11 is 3.67. The van der Waals surface area contributed by atoms with Gasteiger partial charge in [-0.3, -0.25) is 0 Å². The van der Waals surface area contributed by atoms with Gasteiger partial charge in [0, 0.05) is 16.6 Å². The molecule has 2 aromatic carbocycles. The molecule has 1 atom stereocenters. The largest absolute Gasteiger partial charge is 0.307 e. The van der Waals surface area contributed by atoms with Gasteiger partial charge >= 0.3 is 0 Å². The Morgan fingerprint density at radius 2 is 1.86 bits per heavy atom. The highest BCUT2D eigenvalue weighted by atomic mass is 79.9. The molecular formula is C19H22BrN.